The maximum atomic E-state index is 6.13. The van der Waals surface area contributed by atoms with Gasteiger partial charge in [0.2, 0.25) is 0 Å². The van der Waals surface area contributed by atoms with E-state index in [0.717, 1.165) is 12.5 Å². The van der Waals surface area contributed by atoms with Crippen molar-refractivity contribution in [2.45, 2.75) is 32.8 Å². The summed E-state index contributed by atoms with van der Waals surface area (Å²) in [6.45, 7) is 11.5. The normalized spacial score (nSPS) is 31.3. The van der Waals surface area contributed by atoms with Crippen LogP contribution in [0.25, 0.3) is 0 Å². The van der Waals surface area contributed by atoms with Crippen LogP contribution in [0.1, 0.15) is 31.7 Å². The first-order chi connectivity index (χ1) is 11.8. The molecule has 0 unspecified atom stereocenters. The molecule has 2 saturated heterocycles. The Morgan fingerprint density at radius 2 is 2.17 bits per heavy atom. The van der Waals surface area contributed by atoms with E-state index < -0.39 is 0 Å². The van der Waals surface area contributed by atoms with Gasteiger partial charge in [-0.3, -0.25) is 4.98 Å². The van der Waals surface area contributed by atoms with E-state index in [9.17, 15) is 0 Å². The van der Waals surface area contributed by atoms with Crippen LogP contribution in [0.2, 0.25) is 0 Å². The Kier molecular flexibility index (Phi) is 4.88. The monoisotopic (exact) mass is 329 g/mol. The summed E-state index contributed by atoms with van der Waals surface area (Å²) in [4.78, 5) is 9.56. The number of nitrogens with zero attached hydrogens (tertiary/aromatic N) is 3. The number of pyridine rings is 1. The highest BCUT2D eigenvalue weighted by molar-refractivity contribution is 5.07. The predicted molar refractivity (Wildman–Crippen MR) is 95.7 cm³/mol. The zero-order valence-electron chi connectivity index (χ0n) is 15.0. The van der Waals surface area contributed by atoms with Crippen LogP contribution in [0, 0.1) is 17.3 Å². The molecule has 4 rings (SSSR count). The lowest BCUT2D eigenvalue weighted by molar-refractivity contribution is 0.0516. The van der Waals surface area contributed by atoms with Gasteiger partial charge in [-0.25, -0.2) is 0 Å². The van der Waals surface area contributed by atoms with Gasteiger partial charge in [-0.15, -0.1) is 0 Å². The minimum Gasteiger partial charge on any atom is -0.376 e. The van der Waals surface area contributed by atoms with Gasteiger partial charge in [-0.2, -0.15) is 0 Å². The van der Waals surface area contributed by atoms with Crippen LogP contribution in [-0.4, -0.2) is 60.7 Å². The number of hydrogen-bond donors (Lipinski definition) is 0. The fourth-order valence-corrected chi connectivity index (χ4v) is 4.69. The molecule has 132 valence electrons. The Morgan fingerprint density at radius 3 is 2.92 bits per heavy atom. The molecule has 2 aliphatic heterocycles. The van der Waals surface area contributed by atoms with Crippen LogP contribution >= 0.6 is 0 Å². The van der Waals surface area contributed by atoms with Crippen LogP contribution < -0.4 is 0 Å². The number of aromatic nitrogens is 1. The quantitative estimate of drug-likeness (QED) is 0.769. The molecule has 3 heterocycles. The van der Waals surface area contributed by atoms with E-state index in [-0.39, 0.29) is 0 Å². The van der Waals surface area contributed by atoms with Gasteiger partial charge in [-0.1, -0.05) is 13.0 Å². The van der Waals surface area contributed by atoms with Crippen molar-refractivity contribution in [3.8, 4) is 0 Å². The van der Waals surface area contributed by atoms with E-state index in [2.05, 4.69) is 27.8 Å². The Balaban J connectivity index is 1.34. The van der Waals surface area contributed by atoms with Crippen LogP contribution in [-0.2, 0) is 11.3 Å². The van der Waals surface area contributed by atoms with Gasteiger partial charge in [0.15, 0.2) is 0 Å². The molecule has 0 N–H and O–H groups in total. The summed E-state index contributed by atoms with van der Waals surface area (Å²) in [5.41, 5.74) is 1.65. The Labute approximate surface area is 146 Å². The molecule has 4 heteroatoms. The lowest BCUT2D eigenvalue weighted by Gasteiger charge is -2.30. The van der Waals surface area contributed by atoms with Crippen molar-refractivity contribution in [3.63, 3.8) is 0 Å². The average Bonchev–Trinajstić information content (AvgIpc) is 3.23. The van der Waals surface area contributed by atoms with Gasteiger partial charge in [0.1, 0.15) is 0 Å². The average molecular weight is 329 g/mol. The van der Waals surface area contributed by atoms with Gasteiger partial charge in [-0.05, 0) is 49.9 Å². The highest BCUT2D eigenvalue weighted by Crippen LogP contribution is 2.45. The van der Waals surface area contributed by atoms with E-state index in [0.29, 0.717) is 17.9 Å². The molecule has 1 aromatic rings. The highest BCUT2D eigenvalue weighted by Gasteiger charge is 2.50. The first-order valence-electron chi connectivity index (χ1n) is 9.69. The summed E-state index contributed by atoms with van der Waals surface area (Å²) in [5, 5.41) is 0. The number of hydrogen-bond acceptors (Lipinski definition) is 4. The zero-order valence-corrected chi connectivity index (χ0v) is 15.0. The smallest absolute Gasteiger partial charge is 0.0731 e. The van der Waals surface area contributed by atoms with Crippen molar-refractivity contribution in [1.82, 2.24) is 14.8 Å². The maximum absolute atomic E-state index is 6.13. The maximum Gasteiger partial charge on any atom is 0.0731 e. The third-order valence-electron chi connectivity index (χ3n) is 6.32. The lowest BCUT2D eigenvalue weighted by atomic mass is 9.77. The van der Waals surface area contributed by atoms with E-state index in [4.69, 9.17) is 4.74 Å². The van der Waals surface area contributed by atoms with E-state index in [1.54, 1.807) is 0 Å². The first kappa shape index (κ1) is 16.5. The van der Waals surface area contributed by atoms with E-state index in [1.165, 1.54) is 64.1 Å². The largest absolute Gasteiger partial charge is 0.376 e. The van der Waals surface area contributed by atoms with Gasteiger partial charge in [0.05, 0.1) is 13.2 Å². The Bertz CT molecular complexity index is 533. The minimum atomic E-state index is 0.472. The molecule has 1 saturated carbocycles. The fraction of sp³-hybridized carbons (Fsp3) is 0.750. The first-order valence-corrected chi connectivity index (χ1v) is 9.69. The van der Waals surface area contributed by atoms with E-state index >= 15 is 0 Å². The molecular formula is C20H31N3O. The molecule has 1 aliphatic carbocycles. The van der Waals surface area contributed by atoms with Crippen molar-refractivity contribution in [2.75, 3.05) is 45.9 Å². The van der Waals surface area contributed by atoms with Crippen LogP contribution in [0.5, 0.6) is 0 Å². The molecule has 0 aromatic carbocycles. The van der Waals surface area contributed by atoms with Gasteiger partial charge < -0.3 is 14.5 Å². The minimum absolute atomic E-state index is 0.472. The molecule has 24 heavy (non-hydrogen) atoms. The van der Waals surface area contributed by atoms with Crippen molar-refractivity contribution in [1.29, 1.82) is 0 Å². The van der Waals surface area contributed by atoms with Crippen LogP contribution in [0.3, 0.4) is 0 Å². The Hall–Kier alpha value is -0.970. The number of rotatable bonds is 7. The Morgan fingerprint density at radius 1 is 1.29 bits per heavy atom. The molecule has 0 bridgehead atoms. The lowest BCUT2D eigenvalue weighted by Crippen LogP contribution is -2.36. The number of ether oxygens (including phenoxy) is 1. The molecule has 0 amide bonds. The summed E-state index contributed by atoms with van der Waals surface area (Å²) in [5.74, 6) is 1.68. The summed E-state index contributed by atoms with van der Waals surface area (Å²) < 4.78 is 6.13. The van der Waals surface area contributed by atoms with Crippen LogP contribution in [0.15, 0.2) is 24.5 Å². The van der Waals surface area contributed by atoms with Crippen molar-refractivity contribution >= 4 is 0 Å². The van der Waals surface area contributed by atoms with Gasteiger partial charge >= 0.3 is 0 Å². The molecular weight excluding hydrogens is 298 g/mol. The van der Waals surface area contributed by atoms with Crippen molar-refractivity contribution in [2.24, 2.45) is 17.3 Å². The van der Waals surface area contributed by atoms with Gasteiger partial charge in [0.25, 0.3) is 0 Å². The second kappa shape index (κ2) is 7.11. The topological polar surface area (TPSA) is 28.6 Å². The van der Waals surface area contributed by atoms with Gasteiger partial charge in [0, 0.05) is 49.9 Å². The summed E-state index contributed by atoms with van der Waals surface area (Å²) in [7, 11) is 0. The predicted octanol–water partition coefficient (Wildman–Crippen LogP) is 2.65. The second-order valence-corrected chi connectivity index (χ2v) is 8.19. The fourth-order valence-electron chi connectivity index (χ4n) is 4.69. The molecule has 2 atom stereocenters. The van der Waals surface area contributed by atoms with Crippen LogP contribution in [0.4, 0.5) is 0 Å². The second-order valence-electron chi connectivity index (χ2n) is 8.19. The molecule has 1 aromatic heterocycles. The molecule has 1 spiro atoms. The van der Waals surface area contributed by atoms with Crippen molar-refractivity contribution in [3.05, 3.63) is 30.1 Å². The number of likely N-dealkylation sites (tertiary alicyclic amines) is 2. The summed E-state index contributed by atoms with van der Waals surface area (Å²) in [6, 6.07) is 4.09. The summed E-state index contributed by atoms with van der Waals surface area (Å²) in [6.07, 6.45) is 8.01. The summed E-state index contributed by atoms with van der Waals surface area (Å²) >= 11 is 0. The molecule has 4 nitrogen and oxygen atoms in total. The van der Waals surface area contributed by atoms with E-state index in [1.807, 2.05) is 18.5 Å². The third kappa shape index (κ3) is 3.66. The zero-order chi connectivity index (χ0) is 16.4. The molecule has 3 fully saturated rings. The standard InChI is InChI=1S/C20H31N3O/c1-2-22-12-19(14-24-13-18-4-3-8-21-10-18)20(15-22)7-9-23(16-20)11-17-5-6-17/h3-4,8,10,17,19H,2,5-7,9,11-16H2,1H3/t19-,20+/m1/s1. The molecule has 0 radical (unpaired) electrons. The van der Waals surface area contributed by atoms with Crippen molar-refractivity contribution < 1.29 is 4.74 Å². The third-order valence-corrected chi connectivity index (χ3v) is 6.32. The molecule has 3 aliphatic rings. The highest BCUT2D eigenvalue weighted by atomic mass is 16.5. The SMILES string of the molecule is CCN1C[C@H](COCc2cccnc2)[C@@]2(CCN(CC3CC3)C2)C1.